The topological polar surface area (TPSA) is 69.9 Å². The lowest BCUT2D eigenvalue weighted by molar-refractivity contribution is -0.117. The summed E-state index contributed by atoms with van der Waals surface area (Å²) < 4.78 is 12.7. The minimum absolute atomic E-state index is 0.194. The molecule has 3 rings (SSSR count). The maximum atomic E-state index is 12.5. The normalized spacial score (nSPS) is 11.4. The molecular formula is C21H20N2O4S. The van der Waals surface area contributed by atoms with Crippen LogP contribution in [0.3, 0.4) is 0 Å². The molecule has 0 aliphatic carbocycles. The second kappa shape index (κ2) is 8.67. The number of thiazole rings is 1. The van der Waals surface area contributed by atoms with Gasteiger partial charge in [0.1, 0.15) is 5.75 Å². The molecule has 0 N–H and O–H groups in total. The predicted octanol–water partition coefficient (Wildman–Crippen LogP) is 3.35. The third-order valence-corrected chi connectivity index (χ3v) is 5.19. The van der Waals surface area contributed by atoms with Crippen molar-refractivity contribution in [3.05, 3.63) is 71.0 Å². The summed E-state index contributed by atoms with van der Waals surface area (Å²) in [4.78, 5) is 29.1. The molecule has 0 saturated heterocycles. The van der Waals surface area contributed by atoms with Gasteiger partial charge in [-0.3, -0.25) is 4.79 Å². The highest BCUT2D eigenvalue weighted by atomic mass is 32.1. The number of ether oxygens (including phenoxy) is 2. The van der Waals surface area contributed by atoms with Crippen molar-refractivity contribution in [3.8, 4) is 5.75 Å². The van der Waals surface area contributed by atoms with Gasteiger partial charge in [0, 0.05) is 6.54 Å². The van der Waals surface area contributed by atoms with Gasteiger partial charge in [-0.2, -0.15) is 4.99 Å². The number of allylic oxidation sites excluding steroid dienone is 1. The lowest BCUT2D eigenvalue weighted by Gasteiger charge is -2.03. The highest BCUT2D eigenvalue weighted by Gasteiger charge is 2.12. The number of benzene rings is 2. The highest BCUT2D eigenvalue weighted by molar-refractivity contribution is 7.16. The summed E-state index contributed by atoms with van der Waals surface area (Å²) in [5, 5.41) is 0. The van der Waals surface area contributed by atoms with Gasteiger partial charge in [-0.25, -0.2) is 4.79 Å². The molecule has 0 atom stereocenters. The summed E-state index contributed by atoms with van der Waals surface area (Å²) in [5.74, 6) is 0.0882. The number of hydrogen-bond acceptors (Lipinski definition) is 5. The molecule has 0 spiro atoms. The minimum Gasteiger partial charge on any atom is -0.497 e. The van der Waals surface area contributed by atoms with Crippen LogP contribution in [0.5, 0.6) is 5.75 Å². The third-order valence-electron chi connectivity index (χ3n) is 4.15. The molecule has 1 amide bonds. The van der Waals surface area contributed by atoms with Gasteiger partial charge < -0.3 is 14.0 Å². The monoisotopic (exact) mass is 396 g/mol. The maximum absolute atomic E-state index is 12.5. The zero-order valence-corrected chi connectivity index (χ0v) is 16.5. The van der Waals surface area contributed by atoms with E-state index in [0.29, 0.717) is 16.9 Å². The van der Waals surface area contributed by atoms with E-state index in [9.17, 15) is 9.59 Å². The first kappa shape index (κ1) is 19.6. The molecule has 0 saturated carbocycles. The Kier molecular flexibility index (Phi) is 6.06. The Morgan fingerprint density at radius 2 is 1.93 bits per heavy atom. The average Bonchev–Trinajstić information content (AvgIpc) is 3.04. The molecule has 1 heterocycles. The molecule has 0 radical (unpaired) electrons. The zero-order valence-electron chi connectivity index (χ0n) is 15.7. The van der Waals surface area contributed by atoms with Crippen molar-refractivity contribution in [2.45, 2.75) is 13.0 Å². The first-order chi connectivity index (χ1) is 13.5. The molecule has 6 nitrogen and oxygen atoms in total. The van der Waals surface area contributed by atoms with Gasteiger partial charge in [0.25, 0.3) is 5.91 Å². The van der Waals surface area contributed by atoms with Gasteiger partial charge in [0.05, 0.1) is 36.4 Å². The molecule has 0 fully saturated rings. The number of carbonyl (C=O) groups is 2. The Balaban J connectivity index is 1.96. The molecule has 0 unspecified atom stereocenters. The second-order valence-electron chi connectivity index (χ2n) is 5.99. The summed E-state index contributed by atoms with van der Waals surface area (Å²) >= 11 is 1.35. The van der Waals surface area contributed by atoms with Crippen LogP contribution in [0.4, 0.5) is 0 Å². The van der Waals surface area contributed by atoms with Crippen LogP contribution in [0.25, 0.3) is 10.2 Å². The van der Waals surface area contributed by atoms with Crippen molar-refractivity contribution < 1.29 is 19.1 Å². The Morgan fingerprint density at radius 3 is 2.57 bits per heavy atom. The van der Waals surface area contributed by atoms with E-state index in [2.05, 4.69) is 11.6 Å². The molecule has 144 valence electrons. The summed E-state index contributed by atoms with van der Waals surface area (Å²) in [6.07, 6.45) is 1.94. The average molecular weight is 396 g/mol. The van der Waals surface area contributed by atoms with Crippen LogP contribution in [0.15, 0.2) is 60.1 Å². The maximum Gasteiger partial charge on any atom is 0.337 e. The Bertz CT molecular complexity index is 1090. The number of aromatic nitrogens is 1. The second-order valence-corrected chi connectivity index (χ2v) is 7.00. The molecule has 28 heavy (non-hydrogen) atoms. The van der Waals surface area contributed by atoms with Crippen molar-refractivity contribution >= 4 is 33.4 Å². The molecule has 3 aromatic rings. The van der Waals surface area contributed by atoms with E-state index in [1.54, 1.807) is 25.3 Å². The van der Waals surface area contributed by atoms with Crippen LogP contribution in [0.2, 0.25) is 0 Å². The van der Waals surface area contributed by atoms with Gasteiger partial charge >= 0.3 is 5.97 Å². The smallest absolute Gasteiger partial charge is 0.337 e. The van der Waals surface area contributed by atoms with Crippen molar-refractivity contribution in [1.82, 2.24) is 4.57 Å². The van der Waals surface area contributed by atoms with Gasteiger partial charge in [-0.15, -0.1) is 6.58 Å². The Labute approximate surface area is 166 Å². The molecule has 2 aromatic carbocycles. The number of nitrogens with zero attached hydrogens (tertiary/aromatic N) is 2. The lowest BCUT2D eigenvalue weighted by Crippen LogP contribution is -2.16. The molecule has 0 bridgehead atoms. The van der Waals surface area contributed by atoms with Crippen LogP contribution in [-0.2, 0) is 22.5 Å². The van der Waals surface area contributed by atoms with Crippen molar-refractivity contribution in [2.75, 3.05) is 14.2 Å². The van der Waals surface area contributed by atoms with Gasteiger partial charge in [0.15, 0.2) is 4.80 Å². The fourth-order valence-electron chi connectivity index (χ4n) is 2.77. The highest BCUT2D eigenvalue weighted by Crippen LogP contribution is 2.20. The summed E-state index contributed by atoms with van der Waals surface area (Å²) in [7, 11) is 2.94. The van der Waals surface area contributed by atoms with Gasteiger partial charge in [-0.05, 0) is 35.9 Å². The number of esters is 1. The van der Waals surface area contributed by atoms with E-state index in [-0.39, 0.29) is 12.3 Å². The number of fused-ring (bicyclic) bond motifs is 1. The SMILES string of the molecule is C=CCn1c(=NC(=O)Cc2ccc(OC)cc2)sc2cc(C(=O)OC)ccc21. The van der Waals surface area contributed by atoms with Crippen LogP contribution in [0, 0.1) is 0 Å². The number of hydrogen-bond donors (Lipinski definition) is 0. The predicted molar refractivity (Wildman–Crippen MR) is 109 cm³/mol. The van der Waals surface area contributed by atoms with E-state index in [0.717, 1.165) is 21.5 Å². The van der Waals surface area contributed by atoms with Crippen LogP contribution in [0.1, 0.15) is 15.9 Å². The van der Waals surface area contributed by atoms with Crippen molar-refractivity contribution in [1.29, 1.82) is 0 Å². The van der Waals surface area contributed by atoms with E-state index in [1.165, 1.54) is 18.4 Å². The standard InChI is InChI=1S/C21H20N2O4S/c1-4-11-23-17-10-7-15(20(25)27-3)13-18(17)28-21(23)22-19(24)12-14-5-8-16(26-2)9-6-14/h4-10,13H,1,11-12H2,2-3H3. The van der Waals surface area contributed by atoms with E-state index < -0.39 is 5.97 Å². The van der Waals surface area contributed by atoms with E-state index in [4.69, 9.17) is 9.47 Å². The fourth-order valence-corrected chi connectivity index (χ4v) is 3.87. The largest absolute Gasteiger partial charge is 0.497 e. The van der Waals surface area contributed by atoms with E-state index in [1.807, 2.05) is 34.9 Å². The summed E-state index contributed by atoms with van der Waals surface area (Å²) in [6.45, 7) is 4.28. The van der Waals surface area contributed by atoms with Gasteiger partial charge in [0.2, 0.25) is 0 Å². The van der Waals surface area contributed by atoms with Crippen LogP contribution in [-0.4, -0.2) is 30.7 Å². The number of rotatable bonds is 6. The number of carbonyl (C=O) groups excluding carboxylic acids is 2. The van der Waals surface area contributed by atoms with Crippen molar-refractivity contribution in [2.24, 2.45) is 4.99 Å². The van der Waals surface area contributed by atoms with Crippen LogP contribution >= 0.6 is 11.3 Å². The first-order valence-corrected chi connectivity index (χ1v) is 9.40. The molecule has 1 aromatic heterocycles. The van der Waals surface area contributed by atoms with Crippen molar-refractivity contribution in [3.63, 3.8) is 0 Å². The fraction of sp³-hybridized carbons (Fsp3) is 0.190. The lowest BCUT2D eigenvalue weighted by atomic mass is 10.1. The minimum atomic E-state index is -0.403. The van der Waals surface area contributed by atoms with Crippen LogP contribution < -0.4 is 9.54 Å². The Hall–Kier alpha value is -3.19. The zero-order chi connectivity index (χ0) is 20.1. The summed E-state index contributed by atoms with van der Waals surface area (Å²) in [6, 6.07) is 12.6. The Morgan fingerprint density at radius 1 is 1.18 bits per heavy atom. The number of methoxy groups -OCH3 is 2. The summed E-state index contributed by atoms with van der Waals surface area (Å²) in [5.41, 5.74) is 2.20. The number of amides is 1. The molecule has 0 aliphatic heterocycles. The quantitative estimate of drug-likeness (QED) is 0.473. The molecular weight excluding hydrogens is 376 g/mol. The van der Waals surface area contributed by atoms with E-state index >= 15 is 0 Å². The molecule has 0 aliphatic rings. The van der Waals surface area contributed by atoms with Gasteiger partial charge in [-0.1, -0.05) is 29.5 Å². The first-order valence-electron chi connectivity index (χ1n) is 8.58. The third kappa shape index (κ3) is 4.20. The molecule has 7 heteroatoms.